The molecule has 0 fully saturated rings. The highest BCUT2D eigenvalue weighted by Crippen LogP contribution is 2.23. The summed E-state index contributed by atoms with van der Waals surface area (Å²) in [6.45, 7) is 4.37. The minimum atomic E-state index is -0.194. The number of hydrogen-bond acceptors (Lipinski definition) is 2. The van der Waals surface area contributed by atoms with Gasteiger partial charge < -0.3 is 5.32 Å². The normalized spacial score (nSPS) is 13.9. The molecule has 1 N–H and O–H groups in total. The van der Waals surface area contributed by atoms with Crippen LogP contribution in [0.1, 0.15) is 31.0 Å². The van der Waals surface area contributed by atoms with Gasteiger partial charge in [-0.3, -0.25) is 0 Å². The van der Waals surface area contributed by atoms with Crippen LogP contribution in [0.5, 0.6) is 0 Å². The Morgan fingerprint density at radius 3 is 2.24 bits per heavy atom. The summed E-state index contributed by atoms with van der Waals surface area (Å²) < 4.78 is 13.2. The zero-order chi connectivity index (χ0) is 15.1. The lowest BCUT2D eigenvalue weighted by molar-refractivity contribution is 0.533. The zero-order valence-electron chi connectivity index (χ0n) is 12.6. The first kappa shape index (κ1) is 16.1. The molecule has 0 spiro atoms. The summed E-state index contributed by atoms with van der Waals surface area (Å²) in [5.41, 5.74) is 2.30. The molecule has 0 aliphatic rings. The third-order valence-corrected chi connectivity index (χ3v) is 4.50. The Labute approximate surface area is 131 Å². The van der Waals surface area contributed by atoms with E-state index in [0.29, 0.717) is 6.04 Å². The molecular formula is C18H22FNS. The lowest BCUT2D eigenvalue weighted by atomic mass is 9.98. The second kappa shape index (κ2) is 8.20. The van der Waals surface area contributed by atoms with Gasteiger partial charge in [0.05, 0.1) is 6.04 Å². The van der Waals surface area contributed by atoms with Gasteiger partial charge in [0.1, 0.15) is 5.82 Å². The number of halogens is 1. The number of rotatable bonds is 7. The maximum absolute atomic E-state index is 13.2. The lowest BCUT2D eigenvalue weighted by Gasteiger charge is -2.24. The van der Waals surface area contributed by atoms with E-state index in [1.165, 1.54) is 17.7 Å². The van der Waals surface area contributed by atoms with Crippen LogP contribution >= 0.6 is 11.8 Å². The van der Waals surface area contributed by atoms with Crippen molar-refractivity contribution in [2.75, 3.05) is 11.5 Å². The molecular weight excluding hydrogens is 281 g/mol. The van der Waals surface area contributed by atoms with E-state index in [1.54, 1.807) is 0 Å². The SMILES string of the molecule is CCSCC(C)NC(c1ccccc1)c1ccc(F)cc1. The fourth-order valence-electron chi connectivity index (χ4n) is 2.31. The molecule has 0 saturated heterocycles. The van der Waals surface area contributed by atoms with Crippen LogP contribution < -0.4 is 5.32 Å². The Morgan fingerprint density at radius 2 is 1.62 bits per heavy atom. The smallest absolute Gasteiger partial charge is 0.123 e. The monoisotopic (exact) mass is 303 g/mol. The number of hydrogen-bond donors (Lipinski definition) is 1. The van der Waals surface area contributed by atoms with Crippen molar-refractivity contribution in [3.63, 3.8) is 0 Å². The molecule has 0 aliphatic carbocycles. The van der Waals surface area contributed by atoms with E-state index in [1.807, 2.05) is 42.1 Å². The maximum Gasteiger partial charge on any atom is 0.123 e. The summed E-state index contributed by atoms with van der Waals surface area (Å²) in [5, 5.41) is 3.66. The Hall–Kier alpha value is -1.32. The second-order valence-corrected chi connectivity index (χ2v) is 6.44. The van der Waals surface area contributed by atoms with Gasteiger partial charge in [0.15, 0.2) is 0 Å². The summed E-state index contributed by atoms with van der Waals surface area (Å²) in [5.74, 6) is 2.00. The van der Waals surface area contributed by atoms with Crippen molar-refractivity contribution in [2.24, 2.45) is 0 Å². The van der Waals surface area contributed by atoms with E-state index in [0.717, 1.165) is 17.1 Å². The quantitative estimate of drug-likeness (QED) is 0.799. The molecule has 0 saturated carbocycles. The number of benzene rings is 2. The van der Waals surface area contributed by atoms with E-state index in [2.05, 4.69) is 31.3 Å². The maximum atomic E-state index is 13.2. The largest absolute Gasteiger partial charge is 0.303 e. The molecule has 0 bridgehead atoms. The molecule has 3 heteroatoms. The summed E-state index contributed by atoms with van der Waals surface area (Å²) in [6, 6.07) is 17.6. The lowest BCUT2D eigenvalue weighted by Crippen LogP contribution is -2.33. The van der Waals surface area contributed by atoms with Gasteiger partial charge in [-0.15, -0.1) is 0 Å². The van der Waals surface area contributed by atoms with Gasteiger partial charge in [0.2, 0.25) is 0 Å². The van der Waals surface area contributed by atoms with Gasteiger partial charge in [-0.2, -0.15) is 11.8 Å². The van der Waals surface area contributed by atoms with Crippen molar-refractivity contribution in [1.82, 2.24) is 5.32 Å². The van der Waals surface area contributed by atoms with Gasteiger partial charge in [-0.1, -0.05) is 49.4 Å². The van der Waals surface area contributed by atoms with Crippen molar-refractivity contribution in [2.45, 2.75) is 25.9 Å². The highest BCUT2D eigenvalue weighted by atomic mass is 32.2. The van der Waals surface area contributed by atoms with E-state index in [-0.39, 0.29) is 11.9 Å². The van der Waals surface area contributed by atoms with Crippen LogP contribution in [0.2, 0.25) is 0 Å². The van der Waals surface area contributed by atoms with E-state index in [9.17, 15) is 4.39 Å². The molecule has 0 heterocycles. The van der Waals surface area contributed by atoms with E-state index < -0.39 is 0 Å². The molecule has 0 aromatic heterocycles. The van der Waals surface area contributed by atoms with Gasteiger partial charge in [-0.05, 0) is 35.9 Å². The van der Waals surface area contributed by atoms with Gasteiger partial charge in [0, 0.05) is 11.8 Å². The minimum absolute atomic E-state index is 0.0965. The number of nitrogens with one attached hydrogen (secondary N) is 1. The Kier molecular flexibility index (Phi) is 6.27. The second-order valence-electron chi connectivity index (χ2n) is 5.12. The molecule has 2 atom stereocenters. The topological polar surface area (TPSA) is 12.0 Å². The molecule has 112 valence electrons. The summed E-state index contributed by atoms with van der Waals surface area (Å²) >= 11 is 1.93. The van der Waals surface area contributed by atoms with Gasteiger partial charge >= 0.3 is 0 Å². The Balaban J connectivity index is 2.20. The molecule has 2 aromatic rings. The fraction of sp³-hybridized carbons (Fsp3) is 0.333. The highest BCUT2D eigenvalue weighted by Gasteiger charge is 2.16. The van der Waals surface area contributed by atoms with Crippen LogP contribution in [0.25, 0.3) is 0 Å². The fourth-order valence-corrected chi connectivity index (χ4v) is 3.00. The molecule has 0 radical (unpaired) electrons. The van der Waals surface area contributed by atoms with E-state index >= 15 is 0 Å². The van der Waals surface area contributed by atoms with Crippen molar-refractivity contribution in [1.29, 1.82) is 0 Å². The van der Waals surface area contributed by atoms with Crippen LogP contribution in [0.3, 0.4) is 0 Å². The van der Waals surface area contributed by atoms with Crippen LogP contribution in [0.4, 0.5) is 4.39 Å². The van der Waals surface area contributed by atoms with Crippen molar-refractivity contribution < 1.29 is 4.39 Å². The van der Waals surface area contributed by atoms with Crippen LogP contribution in [-0.2, 0) is 0 Å². The predicted molar refractivity (Wildman–Crippen MR) is 90.3 cm³/mol. The average molecular weight is 303 g/mol. The summed E-state index contributed by atoms with van der Waals surface area (Å²) in [7, 11) is 0. The molecule has 21 heavy (non-hydrogen) atoms. The van der Waals surface area contributed by atoms with Crippen molar-refractivity contribution in [3.05, 3.63) is 71.5 Å². The van der Waals surface area contributed by atoms with Crippen molar-refractivity contribution in [3.8, 4) is 0 Å². The van der Waals surface area contributed by atoms with E-state index in [4.69, 9.17) is 0 Å². The third-order valence-electron chi connectivity index (χ3n) is 3.36. The first-order valence-electron chi connectivity index (χ1n) is 7.35. The molecule has 0 aliphatic heterocycles. The van der Waals surface area contributed by atoms with Gasteiger partial charge in [-0.25, -0.2) is 4.39 Å². The highest BCUT2D eigenvalue weighted by molar-refractivity contribution is 7.99. The zero-order valence-corrected chi connectivity index (χ0v) is 13.4. The van der Waals surface area contributed by atoms with Gasteiger partial charge in [0.25, 0.3) is 0 Å². The first-order chi connectivity index (χ1) is 10.2. The third kappa shape index (κ3) is 4.87. The van der Waals surface area contributed by atoms with Crippen molar-refractivity contribution >= 4 is 11.8 Å². The predicted octanol–water partition coefficient (Wildman–Crippen LogP) is 4.65. The molecule has 2 rings (SSSR count). The first-order valence-corrected chi connectivity index (χ1v) is 8.50. The average Bonchev–Trinajstić information content (AvgIpc) is 2.52. The molecule has 2 unspecified atom stereocenters. The molecule has 1 nitrogen and oxygen atoms in total. The standard InChI is InChI=1S/C18H22FNS/c1-3-21-13-14(2)20-18(15-7-5-4-6-8-15)16-9-11-17(19)12-10-16/h4-12,14,18,20H,3,13H2,1-2H3. The van der Waals surface area contributed by atoms with Crippen LogP contribution in [0.15, 0.2) is 54.6 Å². The number of thioether (sulfide) groups is 1. The van der Waals surface area contributed by atoms with Crippen LogP contribution in [0, 0.1) is 5.82 Å². The summed E-state index contributed by atoms with van der Waals surface area (Å²) in [6.07, 6.45) is 0. The molecule has 2 aromatic carbocycles. The summed E-state index contributed by atoms with van der Waals surface area (Å²) in [4.78, 5) is 0. The Bertz CT molecular complexity index is 527. The molecule has 0 amide bonds. The minimum Gasteiger partial charge on any atom is -0.303 e. The van der Waals surface area contributed by atoms with Crippen LogP contribution in [-0.4, -0.2) is 17.5 Å². The Morgan fingerprint density at radius 1 is 1.00 bits per heavy atom.